The molecule has 128 valence electrons. The lowest BCUT2D eigenvalue weighted by atomic mass is 9.86. The van der Waals surface area contributed by atoms with Crippen molar-refractivity contribution in [1.29, 1.82) is 0 Å². The van der Waals surface area contributed by atoms with E-state index in [0.717, 1.165) is 23.1 Å². The average molecular weight is 344 g/mol. The van der Waals surface area contributed by atoms with Crippen LogP contribution < -0.4 is 5.32 Å². The van der Waals surface area contributed by atoms with Gasteiger partial charge in [-0.15, -0.1) is 10.2 Å². The fourth-order valence-corrected chi connectivity index (χ4v) is 4.03. The second-order valence-corrected chi connectivity index (χ2v) is 7.37. The van der Waals surface area contributed by atoms with Gasteiger partial charge in [0, 0.05) is 11.7 Å². The van der Waals surface area contributed by atoms with E-state index in [1.54, 1.807) is 0 Å². The smallest absolute Gasteiger partial charge is 0.230 e. The molecular formula is C18H24N4OS. The quantitative estimate of drug-likeness (QED) is 0.845. The van der Waals surface area contributed by atoms with Crippen LogP contribution in [0.1, 0.15) is 38.4 Å². The number of rotatable bonds is 5. The number of carbonyl (C=O) groups is 1. The Morgan fingerprint density at radius 2 is 2.00 bits per heavy atom. The van der Waals surface area contributed by atoms with Crippen LogP contribution in [0, 0.1) is 12.8 Å². The molecule has 24 heavy (non-hydrogen) atoms. The summed E-state index contributed by atoms with van der Waals surface area (Å²) in [5, 5.41) is 12.3. The van der Waals surface area contributed by atoms with Crippen LogP contribution in [0.2, 0.25) is 0 Å². The highest BCUT2D eigenvalue weighted by Gasteiger charge is 2.23. The summed E-state index contributed by atoms with van der Waals surface area (Å²) in [5.41, 5.74) is 1.02. The predicted molar refractivity (Wildman–Crippen MR) is 96.4 cm³/mol. The molecule has 1 aromatic carbocycles. The van der Waals surface area contributed by atoms with Gasteiger partial charge in [-0.3, -0.25) is 9.36 Å². The predicted octanol–water partition coefficient (Wildman–Crippen LogP) is 3.36. The maximum Gasteiger partial charge on any atom is 0.230 e. The van der Waals surface area contributed by atoms with Crippen LogP contribution in [-0.2, 0) is 4.79 Å². The second kappa shape index (κ2) is 7.83. The molecular weight excluding hydrogens is 320 g/mol. The number of aryl methyl sites for hydroxylation is 1. The summed E-state index contributed by atoms with van der Waals surface area (Å²) >= 11 is 1.44. The standard InChI is InChI=1S/C18H24N4OS/c1-13-8-6-7-11-16(13)19-17(23)12-24-18-21-20-14(2)22(18)15-9-4-3-5-10-15/h3-5,9-10,13,16H,6-8,11-12H2,1-2H3,(H,19,23)/t13-,16-/m0/s1. The number of nitrogens with one attached hydrogen (secondary N) is 1. The number of para-hydroxylation sites is 1. The van der Waals surface area contributed by atoms with E-state index in [1.807, 2.05) is 41.8 Å². The third-order valence-corrected chi connectivity index (χ3v) is 5.53. The zero-order chi connectivity index (χ0) is 16.9. The Balaban J connectivity index is 1.62. The van der Waals surface area contributed by atoms with Crippen LogP contribution in [-0.4, -0.2) is 32.5 Å². The van der Waals surface area contributed by atoms with E-state index < -0.39 is 0 Å². The molecule has 1 N–H and O–H groups in total. The van der Waals surface area contributed by atoms with Crippen molar-refractivity contribution in [3.63, 3.8) is 0 Å². The first-order chi connectivity index (χ1) is 11.6. The van der Waals surface area contributed by atoms with E-state index in [2.05, 4.69) is 22.4 Å². The molecule has 3 rings (SSSR count). The topological polar surface area (TPSA) is 59.8 Å². The molecule has 1 heterocycles. The molecule has 0 saturated heterocycles. The highest BCUT2D eigenvalue weighted by atomic mass is 32.2. The number of amides is 1. The van der Waals surface area contributed by atoms with Crippen molar-refractivity contribution in [1.82, 2.24) is 20.1 Å². The summed E-state index contributed by atoms with van der Waals surface area (Å²) < 4.78 is 1.99. The van der Waals surface area contributed by atoms with Gasteiger partial charge in [0.2, 0.25) is 5.91 Å². The molecule has 5 nitrogen and oxygen atoms in total. The lowest BCUT2D eigenvalue weighted by Gasteiger charge is -2.29. The van der Waals surface area contributed by atoms with E-state index in [4.69, 9.17) is 0 Å². The summed E-state index contributed by atoms with van der Waals surface area (Å²) in [6.07, 6.45) is 4.79. The number of nitrogens with zero attached hydrogens (tertiary/aromatic N) is 3. The molecule has 0 radical (unpaired) electrons. The van der Waals surface area contributed by atoms with Gasteiger partial charge < -0.3 is 5.32 Å². The Hall–Kier alpha value is -1.82. The minimum absolute atomic E-state index is 0.0824. The first kappa shape index (κ1) is 17.0. The van der Waals surface area contributed by atoms with E-state index in [-0.39, 0.29) is 5.91 Å². The molecule has 2 atom stereocenters. The lowest BCUT2D eigenvalue weighted by Crippen LogP contribution is -2.41. The zero-order valence-corrected chi connectivity index (χ0v) is 15.1. The summed E-state index contributed by atoms with van der Waals surface area (Å²) in [5.74, 6) is 1.85. The molecule has 0 spiro atoms. The molecule has 1 amide bonds. The fraction of sp³-hybridized carbons (Fsp3) is 0.500. The lowest BCUT2D eigenvalue weighted by molar-refractivity contribution is -0.119. The second-order valence-electron chi connectivity index (χ2n) is 6.43. The van der Waals surface area contributed by atoms with Gasteiger partial charge in [-0.05, 0) is 37.8 Å². The van der Waals surface area contributed by atoms with Crippen LogP contribution in [0.25, 0.3) is 5.69 Å². The van der Waals surface area contributed by atoms with Gasteiger partial charge >= 0.3 is 0 Å². The van der Waals surface area contributed by atoms with Crippen molar-refractivity contribution in [2.75, 3.05) is 5.75 Å². The molecule has 0 unspecified atom stereocenters. The van der Waals surface area contributed by atoms with Crippen molar-refractivity contribution in [2.45, 2.75) is 50.7 Å². The SMILES string of the molecule is Cc1nnc(SCC(=O)N[C@H]2CCCC[C@@H]2C)n1-c1ccccc1. The van der Waals surface area contributed by atoms with Crippen molar-refractivity contribution in [3.8, 4) is 5.69 Å². The monoisotopic (exact) mass is 344 g/mol. The Bertz CT molecular complexity index is 686. The van der Waals surface area contributed by atoms with E-state index in [9.17, 15) is 4.79 Å². The molecule has 1 saturated carbocycles. The molecule has 6 heteroatoms. The van der Waals surface area contributed by atoms with Crippen molar-refractivity contribution in [3.05, 3.63) is 36.2 Å². The van der Waals surface area contributed by atoms with Gasteiger partial charge in [-0.25, -0.2) is 0 Å². The minimum atomic E-state index is 0.0824. The molecule has 1 fully saturated rings. The van der Waals surface area contributed by atoms with E-state index in [1.165, 1.54) is 31.0 Å². The first-order valence-corrected chi connectivity index (χ1v) is 9.53. The molecule has 0 aliphatic heterocycles. The minimum Gasteiger partial charge on any atom is -0.352 e. The van der Waals surface area contributed by atoms with E-state index in [0.29, 0.717) is 17.7 Å². The summed E-state index contributed by atoms with van der Waals surface area (Å²) in [7, 11) is 0. The number of aromatic nitrogens is 3. The highest BCUT2D eigenvalue weighted by Crippen LogP contribution is 2.25. The third-order valence-electron chi connectivity index (χ3n) is 4.60. The first-order valence-electron chi connectivity index (χ1n) is 8.55. The third kappa shape index (κ3) is 3.98. The molecule has 1 aliphatic carbocycles. The van der Waals surface area contributed by atoms with Gasteiger partial charge in [0.1, 0.15) is 5.82 Å². The number of benzene rings is 1. The Morgan fingerprint density at radius 3 is 2.75 bits per heavy atom. The van der Waals surface area contributed by atoms with Crippen molar-refractivity contribution >= 4 is 17.7 Å². The van der Waals surface area contributed by atoms with Gasteiger partial charge in [0.25, 0.3) is 0 Å². The molecule has 1 aliphatic rings. The number of thioether (sulfide) groups is 1. The van der Waals surface area contributed by atoms with Crippen LogP contribution in [0.3, 0.4) is 0 Å². The van der Waals surface area contributed by atoms with Crippen LogP contribution in [0.15, 0.2) is 35.5 Å². The van der Waals surface area contributed by atoms with E-state index >= 15 is 0 Å². The summed E-state index contributed by atoms with van der Waals surface area (Å²) in [6.45, 7) is 4.15. The van der Waals surface area contributed by atoms with Crippen LogP contribution in [0.5, 0.6) is 0 Å². The number of hydrogen-bond donors (Lipinski definition) is 1. The van der Waals surface area contributed by atoms with Crippen LogP contribution >= 0.6 is 11.8 Å². The van der Waals surface area contributed by atoms with Gasteiger partial charge in [0.15, 0.2) is 5.16 Å². The van der Waals surface area contributed by atoms with Gasteiger partial charge in [0.05, 0.1) is 5.75 Å². The van der Waals surface area contributed by atoms with Gasteiger partial charge in [-0.2, -0.15) is 0 Å². The van der Waals surface area contributed by atoms with Crippen molar-refractivity contribution < 1.29 is 4.79 Å². The fourth-order valence-electron chi connectivity index (χ4n) is 3.22. The average Bonchev–Trinajstić information content (AvgIpc) is 2.96. The Kier molecular flexibility index (Phi) is 5.56. The number of hydrogen-bond acceptors (Lipinski definition) is 4. The molecule has 0 bridgehead atoms. The summed E-state index contributed by atoms with van der Waals surface area (Å²) in [6, 6.07) is 10.3. The maximum absolute atomic E-state index is 12.3. The molecule has 2 aromatic rings. The largest absolute Gasteiger partial charge is 0.352 e. The zero-order valence-electron chi connectivity index (χ0n) is 14.2. The van der Waals surface area contributed by atoms with Gasteiger partial charge in [-0.1, -0.05) is 49.7 Å². The van der Waals surface area contributed by atoms with Crippen LogP contribution in [0.4, 0.5) is 0 Å². The number of carbonyl (C=O) groups excluding carboxylic acids is 1. The Labute approximate surface area is 147 Å². The maximum atomic E-state index is 12.3. The Morgan fingerprint density at radius 1 is 1.25 bits per heavy atom. The molecule has 1 aromatic heterocycles. The normalized spacial score (nSPS) is 20.8. The van der Waals surface area contributed by atoms with Crippen molar-refractivity contribution in [2.24, 2.45) is 5.92 Å². The highest BCUT2D eigenvalue weighted by molar-refractivity contribution is 7.99. The summed E-state index contributed by atoms with van der Waals surface area (Å²) in [4.78, 5) is 12.3.